The third-order valence-electron chi connectivity index (χ3n) is 3.88. The van der Waals surface area contributed by atoms with Gasteiger partial charge in [0.05, 0.1) is 5.69 Å². The van der Waals surface area contributed by atoms with E-state index in [0.717, 1.165) is 56.5 Å². The molecule has 1 aliphatic heterocycles. The molecule has 0 N–H and O–H groups in total. The molecular formula is C15H21ClN4. The van der Waals surface area contributed by atoms with Crippen LogP contribution < -0.4 is 0 Å². The van der Waals surface area contributed by atoms with Crippen LogP contribution in [0, 0.1) is 0 Å². The molecule has 0 aliphatic carbocycles. The van der Waals surface area contributed by atoms with Crippen LogP contribution in [0.3, 0.4) is 0 Å². The second-order valence-electron chi connectivity index (χ2n) is 5.36. The standard InChI is InChI=1S/C15H21ClN4/c16-5-9-18-6-3-7-19(11-10-18)12-14-13-20-8-2-1-4-15(20)17-14/h1-2,4,8,13H,3,5-7,9-12H2. The molecule has 2 aromatic heterocycles. The fraction of sp³-hybridized carbons (Fsp3) is 0.533. The minimum absolute atomic E-state index is 0.729. The topological polar surface area (TPSA) is 23.8 Å². The molecule has 0 saturated carbocycles. The smallest absolute Gasteiger partial charge is 0.137 e. The number of pyridine rings is 1. The van der Waals surface area contributed by atoms with Crippen molar-refractivity contribution in [2.75, 3.05) is 38.6 Å². The van der Waals surface area contributed by atoms with Gasteiger partial charge in [-0.2, -0.15) is 0 Å². The van der Waals surface area contributed by atoms with E-state index in [1.54, 1.807) is 0 Å². The first kappa shape index (κ1) is 13.9. The summed E-state index contributed by atoms with van der Waals surface area (Å²) in [7, 11) is 0. The summed E-state index contributed by atoms with van der Waals surface area (Å²) in [5.74, 6) is 0.729. The highest BCUT2D eigenvalue weighted by atomic mass is 35.5. The van der Waals surface area contributed by atoms with Gasteiger partial charge in [0.2, 0.25) is 0 Å². The van der Waals surface area contributed by atoms with Crippen LogP contribution in [0.4, 0.5) is 0 Å². The van der Waals surface area contributed by atoms with Gasteiger partial charge in [-0.1, -0.05) is 6.07 Å². The van der Waals surface area contributed by atoms with Gasteiger partial charge < -0.3 is 9.30 Å². The minimum atomic E-state index is 0.729. The maximum Gasteiger partial charge on any atom is 0.137 e. The molecule has 0 aromatic carbocycles. The molecule has 0 atom stereocenters. The predicted octanol–water partition coefficient (Wildman–Crippen LogP) is 2.08. The van der Waals surface area contributed by atoms with Crippen LogP contribution in [0.1, 0.15) is 12.1 Å². The summed E-state index contributed by atoms with van der Waals surface area (Å²) in [5, 5.41) is 0. The lowest BCUT2D eigenvalue weighted by Gasteiger charge is -2.20. The molecule has 20 heavy (non-hydrogen) atoms. The zero-order valence-corrected chi connectivity index (χ0v) is 12.5. The van der Waals surface area contributed by atoms with E-state index in [4.69, 9.17) is 11.6 Å². The summed E-state index contributed by atoms with van der Waals surface area (Å²) in [6.07, 6.45) is 5.40. The van der Waals surface area contributed by atoms with Crippen molar-refractivity contribution in [1.29, 1.82) is 0 Å². The number of rotatable bonds is 4. The molecule has 1 saturated heterocycles. The Labute approximate surface area is 125 Å². The first-order chi connectivity index (χ1) is 9.85. The Kier molecular flexibility index (Phi) is 4.55. The van der Waals surface area contributed by atoms with Gasteiger partial charge in [-0.25, -0.2) is 4.98 Å². The Bertz CT molecular complexity index is 521. The highest BCUT2D eigenvalue weighted by Gasteiger charge is 2.15. The van der Waals surface area contributed by atoms with Gasteiger partial charge >= 0.3 is 0 Å². The van der Waals surface area contributed by atoms with E-state index < -0.39 is 0 Å². The molecule has 2 aromatic rings. The number of nitrogens with zero attached hydrogens (tertiary/aromatic N) is 4. The van der Waals surface area contributed by atoms with Crippen LogP contribution in [-0.2, 0) is 6.54 Å². The van der Waals surface area contributed by atoms with Crippen molar-refractivity contribution < 1.29 is 0 Å². The molecule has 3 rings (SSSR count). The van der Waals surface area contributed by atoms with Crippen LogP contribution in [0.25, 0.3) is 5.65 Å². The molecule has 0 radical (unpaired) electrons. The zero-order valence-electron chi connectivity index (χ0n) is 11.7. The molecule has 0 unspecified atom stereocenters. The average Bonchev–Trinajstić information content (AvgIpc) is 2.73. The van der Waals surface area contributed by atoms with Gasteiger partial charge in [-0.05, 0) is 31.6 Å². The molecular weight excluding hydrogens is 272 g/mol. The van der Waals surface area contributed by atoms with Crippen LogP contribution in [-0.4, -0.2) is 57.8 Å². The predicted molar refractivity (Wildman–Crippen MR) is 82.2 cm³/mol. The van der Waals surface area contributed by atoms with Crippen LogP contribution in [0.2, 0.25) is 0 Å². The number of aromatic nitrogens is 2. The largest absolute Gasteiger partial charge is 0.307 e. The highest BCUT2D eigenvalue weighted by Crippen LogP contribution is 2.10. The third-order valence-corrected chi connectivity index (χ3v) is 4.05. The van der Waals surface area contributed by atoms with E-state index in [2.05, 4.69) is 31.6 Å². The Hall–Kier alpha value is -1.10. The van der Waals surface area contributed by atoms with Crippen molar-refractivity contribution in [2.24, 2.45) is 0 Å². The molecule has 0 bridgehead atoms. The number of hydrogen-bond acceptors (Lipinski definition) is 3. The lowest BCUT2D eigenvalue weighted by atomic mass is 10.3. The summed E-state index contributed by atoms with van der Waals surface area (Å²) in [4.78, 5) is 9.63. The van der Waals surface area contributed by atoms with Crippen molar-refractivity contribution in [3.05, 3.63) is 36.3 Å². The fourth-order valence-electron chi connectivity index (χ4n) is 2.82. The summed E-state index contributed by atoms with van der Waals surface area (Å²) < 4.78 is 2.09. The van der Waals surface area contributed by atoms with E-state index in [1.165, 1.54) is 6.42 Å². The molecule has 108 valence electrons. The van der Waals surface area contributed by atoms with E-state index in [9.17, 15) is 0 Å². The molecule has 1 fully saturated rings. The first-order valence-electron chi connectivity index (χ1n) is 7.28. The van der Waals surface area contributed by atoms with E-state index in [-0.39, 0.29) is 0 Å². The number of imidazole rings is 1. The van der Waals surface area contributed by atoms with Crippen LogP contribution >= 0.6 is 11.6 Å². The normalized spacial score (nSPS) is 18.4. The third kappa shape index (κ3) is 3.32. The van der Waals surface area contributed by atoms with Crippen LogP contribution in [0.15, 0.2) is 30.6 Å². The van der Waals surface area contributed by atoms with Gasteiger partial charge in [-0.3, -0.25) is 4.90 Å². The lowest BCUT2D eigenvalue weighted by molar-refractivity contribution is 0.256. The van der Waals surface area contributed by atoms with Crippen LogP contribution in [0.5, 0.6) is 0 Å². The molecule has 4 nitrogen and oxygen atoms in total. The van der Waals surface area contributed by atoms with Gasteiger partial charge in [0.25, 0.3) is 0 Å². The summed E-state index contributed by atoms with van der Waals surface area (Å²) in [5.41, 5.74) is 2.18. The summed E-state index contributed by atoms with van der Waals surface area (Å²) in [6.45, 7) is 6.46. The van der Waals surface area contributed by atoms with E-state index in [0.29, 0.717) is 0 Å². The molecule has 0 amide bonds. The lowest BCUT2D eigenvalue weighted by Crippen LogP contribution is -2.31. The number of halogens is 1. The second-order valence-corrected chi connectivity index (χ2v) is 5.74. The molecule has 5 heteroatoms. The van der Waals surface area contributed by atoms with Crippen molar-refractivity contribution >= 4 is 17.2 Å². The van der Waals surface area contributed by atoms with Crippen molar-refractivity contribution in [2.45, 2.75) is 13.0 Å². The summed E-state index contributed by atoms with van der Waals surface area (Å²) in [6, 6.07) is 6.12. The Balaban J connectivity index is 1.62. The molecule has 0 spiro atoms. The van der Waals surface area contributed by atoms with Gasteiger partial charge in [0.15, 0.2) is 0 Å². The number of hydrogen-bond donors (Lipinski definition) is 0. The number of fused-ring (bicyclic) bond motifs is 1. The average molecular weight is 293 g/mol. The maximum atomic E-state index is 5.83. The Morgan fingerprint density at radius 2 is 1.95 bits per heavy atom. The van der Waals surface area contributed by atoms with Crippen molar-refractivity contribution in [1.82, 2.24) is 19.2 Å². The van der Waals surface area contributed by atoms with Crippen molar-refractivity contribution in [3.8, 4) is 0 Å². The van der Waals surface area contributed by atoms with Crippen molar-refractivity contribution in [3.63, 3.8) is 0 Å². The Morgan fingerprint density at radius 3 is 2.80 bits per heavy atom. The van der Waals surface area contributed by atoms with E-state index >= 15 is 0 Å². The monoisotopic (exact) mass is 292 g/mol. The highest BCUT2D eigenvalue weighted by molar-refractivity contribution is 6.18. The minimum Gasteiger partial charge on any atom is -0.307 e. The first-order valence-corrected chi connectivity index (χ1v) is 7.82. The Morgan fingerprint density at radius 1 is 1.10 bits per heavy atom. The van der Waals surface area contributed by atoms with E-state index in [1.807, 2.05) is 18.2 Å². The second kappa shape index (κ2) is 6.57. The van der Waals surface area contributed by atoms with Gasteiger partial charge in [-0.15, -0.1) is 11.6 Å². The fourth-order valence-corrected chi connectivity index (χ4v) is 3.06. The zero-order chi connectivity index (χ0) is 13.8. The van der Waals surface area contributed by atoms with Gasteiger partial charge in [0.1, 0.15) is 5.65 Å². The molecule has 3 heterocycles. The SMILES string of the molecule is ClCCN1CCCN(Cc2cn3ccccc3n2)CC1. The van der Waals surface area contributed by atoms with Gasteiger partial charge in [0, 0.05) is 44.5 Å². The number of alkyl halides is 1. The molecule has 1 aliphatic rings. The quantitative estimate of drug-likeness (QED) is 0.806. The maximum absolute atomic E-state index is 5.83. The summed E-state index contributed by atoms with van der Waals surface area (Å²) >= 11 is 5.83.